The first-order valence-electron chi connectivity index (χ1n) is 8.97. The number of aromatic nitrogens is 2. The first-order valence-corrected chi connectivity index (χ1v) is 8.97. The number of aryl methyl sites for hydroxylation is 1. The molecule has 0 amide bonds. The van der Waals surface area contributed by atoms with E-state index in [2.05, 4.69) is 39.8 Å². The highest BCUT2D eigenvalue weighted by atomic mass is 16.5. The Balaban J connectivity index is 1.65. The van der Waals surface area contributed by atoms with Gasteiger partial charge in [0.2, 0.25) is 0 Å². The molecule has 1 aromatic heterocycles. The van der Waals surface area contributed by atoms with Crippen LogP contribution >= 0.6 is 0 Å². The minimum absolute atomic E-state index is 0.219. The molecule has 1 aromatic carbocycles. The Labute approximate surface area is 154 Å². The lowest BCUT2D eigenvalue weighted by Crippen LogP contribution is -2.36. The maximum atomic E-state index is 5.88. The second-order valence-electron chi connectivity index (χ2n) is 6.36. The van der Waals surface area contributed by atoms with Crippen molar-refractivity contribution in [1.82, 2.24) is 20.4 Å². The van der Waals surface area contributed by atoms with Gasteiger partial charge in [0.05, 0.1) is 18.8 Å². The summed E-state index contributed by atoms with van der Waals surface area (Å²) in [6.07, 6.45) is 2.93. The zero-order valence-corrected chi connectivity index (χ0v) is 15.9. The van der Waals surface area contributed by atoms with Crippen LogP contribution in [-0.4, -0.2) is 35.5 Å². The molecule has 2 N–H and O–H groups in total. The largest absolute Gasteiger partial charge is 0.494 e. The van der Waals surface area contributed by atoms with Gasteiger partial charge in [0.15, 0.2) is 5.96 Å². The van der Waals surface area contributed by atoms with E-state index in [0.29, 0.717) is 19.7 Å². The van der Waals surface area contributed by atoms with E-state index in [1.807, 2.05) is 24.7 Å². The number of nitrogens with one attached hydrogen (secondary N) is 2. The third kappa shape index (κ3) is 4.09. The van der Waals surface area contributed by atoms with Crippen molar-refractivity contribution in [3.63, 3.8) is 0 Å². The molecule has 0 radical (unpaired) electrons. The Kier molecular flexibility index (Phi) is 5.65. The van der Waals surface area contributed by atoms with Crippen LogP contribution in [0.1, 0.15) is 30.7 Å². The lowest BCUT2D eigenvalue weighted by Gasteiger charge is -2.15. The predicted octanol–water partition coefficient (Wildman–Crippen LogP) is 2.01. The van der Waals surface area contributed by atoms with Crippen LogP contribution in [0.4, 0.5) is 0 Å². The van der Waals surface area contributed by atoms with E-state index in [1.54, 1.807) is 13.2 Å². The van der Waals surface area contributed by atoms with Gasteiger partial charge in [-0.1, -0.05) is 0 Å². The van der Waals surface area contributed by atoms with E-state index >= 15 is 0 Å². The number of aliphatic imine (C=N–C) groups is 1. The number of nitrogens with zero attached hydrogens (tertiary/aromatic N) is 3. The van der Waals surface area contributed by atoms with Gasteiger partial charge in [-0.05, 0) is 32.0 Å². The van der Waals surface area contributed by atoms with E-state index in [9.17, 15) is 0 Å². The summed E-state index contributed by atoms with van der Waals surface area (Å²) >= 11 is 0. The molecular weight excluding hydrogens is 330 g/mol. The Morgan fingerprint density at radius 1 is 1.38 bits per heavy atom. The average molecular weight is 357 g/mol. The van der Waals surface area contributed by atoms with Crippen molar-refractivity contribution in [2.75, 3.05) is 13.7 Å². The van der Waals surface area contributed by atoms with Gasteiger partial charge in [0.25, 0.3) is 0 Å². The summed E-state index contributed by atoms with van der Waals surface area (Å²) in [5.74, 6) is 2.58. The van der Waals surface area contributed by atoms with Crippen LogP contribution in [0.3, 0.4) is 0 Å². The van der Waals surface area contributed by atoms with Crippen molar-refractivity contribution in [3.05, 3.63) is 41.2 Å². The fourth-order valence-electron chi connectivity index (χ4n) is 3.06. The smallest absolute Gasteiger partial charge is 0.191 e. The van der Waals surface area contributed by atoms with E-state index in [4.69, 9.17) is 9.47 Å². The summed E-state index contributed by atoms with van der Waals surface area (Å²) in [6, 6.07) is 6.16. The average Bonchev–Trinajstić information content (AvgIpc) is 3.19. The number of ether oxygens (including phenoxy) is 2. The number of hydrogen-bond donors (Lipinski definition) is 2. The maximum absolute atomic E-state index is 5.88. The van der Waals surface area contributed by atoms with Crippen molar-refractivity contribution < 1.29 is 9.47 Å². The molecule has 0 spiro atoms. The monoisotopic (exact) mass is 357 g/mol. The summed E-state index contributed by atoms with van der Waals surface area (Å²) in [6.45, 7) is 5.97. The molecule has 0 bridgehead atoms. The molecule has 0 aliphatic carbocycles. The molecule has 1 unspecified atom stereocenters. The number of guanidine groups is 1. The van der Waals surface area contributed by atoms with Crippen molar-refractivity contribution in [1.29, 1.82) is 0 Å². The normalized spacial score (nSPS) is 16.2. The summed E-state index contributed by atoms with van der Waals surface area (Å²) < 4.78 is 13.6. The van der Waals surface area contributed by atoms with Crippen LogP contribution in [0.2, 0.25) is 0 Å². The first-order chi connectivity index (χ1) is 12.6. The summed E-state index contributed by atoms with van der Waals surface area (Å²) in [4.78, 5) is 4.29. The Hall–Kier alpha value is -2.70. The molecule has 140 valence electrons. The van der Waals surface area contributed by atoms with Crippen LogP contribution in [0.15, 0.2) is 29.4 Å². The number of fused-ring (bicyclic) bond motifs is 1. The zero-order valence-electron chi connectivity index (χ0n) is 15.9. The molecule has 0 saturated heterocycles. The summed E-state index contributed by atoms with van der Waals surface area (Å²) in [5.41, 5.74) is 3.36. The highest BCUT2D eigenvalue weighted by Crippen LogP contribution is 2.35. The van der Waals surface area contributed by atoms with E-state index in [0.717, 1.165) is 35.1 Å². The number of benzene rings is 1. The van der Waals surface area contributed by atoms with Crippen LogP contribution < -0.4 is 20.1 Å². The van der Waals surface area contributed by atoms with Gasteiger partial charge in [-0.3, -0.25) is 9.67 Å². The van der Waals surface area contributed by atoms with Gasteiger partial charge < -0.3 is 20.1 Å². The van der Waals surface area contributed by atoms with Crippen molar-refractivity contribution in [3.8, 4) is 11.5 Å². The van der Waals surface area contributed by atoms with E-state index in [-0.39, 0.29) is 6.10 Å². The molecule has 2 heterocycles. The first kappa shape index (κ1) is 18.1. The zero-order chi connectivity index (χ0) is 18.5. The molecule has 7 heteroatoms. The molecule has 26 heavy (non-hydrogen) atoms. The minimum atomic E-state index is 0.219. The number of rotatable bonds is 6. The van der Waals surface area contributed by atoms with Gasteiger partial charge in [-0.15, -0.1) is 0 Å². The molecule has 0 saturated carbocycles. The second-order valence-corrected chi connectivity index (χ2v) is 6.36. The molecule has 2 aromatic rings. The summed E-state index contributed by atoms with van der Waals surface area (Å²) in [5, 5.41) is 10.8. The van der Waals surface area contributed by atoms with Crippen LogP contribution in [0, 0.1) is 0 Å². The predicted molar refractivity (Wildman–Crippen MR) is 102 cm³/mol. The summed E-state index contributed by atoms with van der Waals surface area (Å²) in [7, 11) is 3.68. The fraction of sp³-hybridized carbons (Fsp3) is 0.474. The van der Waals surface area contributed by atoms with Gasteiger partial charge >= 0.3 is 0 Å². The van der Waals surface area contributed by atoms with E-state index < -0.39 is 0 Å². The molecule has 1 atom stereocenters. The Morgan fingerprint density at radius 2 is 2.19 bits per heavy atom. The van der Waals surface area contributed by atoms with Crippen LogP contribution in [-0.2, 0) is 26.6 Å². The molecule has 3 rings (SSSR count). The standard InChI is InChI=1S/C19H27N5O2/c1-5-25-17-9-14-8-13(2)26-18(14)10-15(17)11-21-19(20-3)22-12-16-6-7-23-24(16)4/h6-7,9-10,13H,5,8,11-12H2,1-4H3,(H2,20,21,22). The Morgan fingerprint density at radius 3 is 2.88 bits per heavy atom. The van der Waals surface area contributed by atoms with Gasteiger partial charge in [-0.25, -0.2) is 0 Å². The number of hydrogen-bond acceptors (Lipinski definition) is 4. The van der Waals surface area contributed by atoms with Gasteiger partial charge in [0, 0.05) is 44.4 Å². The fourth-order valence-corrected chi connectivity index (χ4v) is 3.06. The highest BCUT2D eigenvalue weighted by Gasteiger charge is 2.21. The molecular formula is C19H27N5O2. The lowest BCUT2D eigenvalue weighted by atomic mass is 10.1. The van der Waals surface area contributed by atoms with Gasteiger partial charge in [0.1, 0.15) is 17.6 Å². The lowest BCUT2D eigenvalue weighted by molar-refractivity contribution is 0.254. The molecule has 7 nitrogen and oxygen atoms in total. The highest BCUT2D eigenvalue weighted by molar-refractivity contribution is 5.79. The quantitative estimate of drug-likeness (QED) is 0.611. The minimum Gasteiger partial charge on any atom is -0.494 e. The topological polar surface area (TPSA) is 72.7 Å². The van der Waals surface area contributed by atoms with Crippen LogP contribution in [0.5, 0.6) is 11.5 Å². The maximum Gasteiger partial charge on any atom is 0.191 e. The third-order valence-corrected chi connectivity index (χ3v) is 4.41. The SMILES string of the molecule is CCOc1cc2c(cc1CNC(=NC)NCc1ccnn1C)OC(C)C2. The van der Waals surface area contributed by atoms with Crippen molar-refractivity contribution in [2.24, 2.45) is 12.0 Å². The molecule has 0 fully saturated rings. The van der Waals surface area contributed by atoms with E-state index in [1.165, 1.54) is 5.56 Å². The third-order valence-electron chi connectivity index (χ3n) is 4.41. The van der Waals surface area contributed by atoms with Gasteiger partial charge in [-0.2, -0.15) is 5.10 Å². The molecule has 1 aliphatic rings. The second kappa shape index (κ2) is 8.12. The molecule has 1 aliphatic heterocycles. The van der Waals surface area contributed by atoms with Crippen molar-refractivity contribution in [2.45, 2.75) is 39.5 Å². The Bertz CT molecular complexity index is 784. The van der Waals surface area contributed by atoms with Crippen LogP contribution in [0.25, 0.3) is 0 Å². The van der Waals surface area contributed by atoms with Crippen molar-refractivity contribution >= 4 is 5.96 Å².